The van der Waals surface area contributed by atoms with Crippen molar-refractivity contribution in [2.45, 2.75) is 327 Å². The minimum absolute atomic E-state index is 0.369. The van der Waals surface area contributed by atoms with Crippen molar-refractivity contribution in [3.63, 3.8) is 0 Å². The number of aliphatic hydroxyl groups excluding tert-OH is 4. The summed E-state index contributed by atoms with van der Waals surface area (Å²) in [5.41, 5.74) is 0. The molecule has 5 N–H and O–H groups in total. The second kappa shape index (κ2) is 50.1. The van der Waals surface area contributed by atoms with Crippen molar-refractivity contribution >= 4 is 5.91 Å². The van der Waals surface area contributed by atoms with E-state index in [2.05, 4.69) is 31.3 Å². The van der Waals surface area contributed by atoms with Crippen LogP contribution in [0.25, 0.3) is 0 Å². The van der Waals surface area contributed by atoms with Crippen LogP contribution in [0, 0.1) is 0 Å². The number of unbranched alkanes of at least 4 members (excludes halogenated alkanes) is 40. The molecule has 0 heterocycles. The molecule has 4 unspecified atom stereocenters. The lowest BCUT2D eigenvalue weighted by Crippen LogP contribution is -2.53. The van der Waals surface area contributed by atoms with E-state index in [1.54, 1.807) is 0 Å². The second-order valence-electron chi connectivity index (χ2n) is 19.3. The molecule has 61 heavy (non-hydrogen) atoms. The summed E-state index contributed by atoms with van der Waals surface area (Å²) in [6.45, 7) is 4.09. The lowest BCUT2D eigenvalue weighted by atomic mass is 9.99. The molecule has 0 bridgehead atoms. The number of amides is 1. The van der Waals surface area contributed by atoms with E-state index in [4.69, 9.17) is 0 Å². The highest BCUT2D eigenvalue weighted by molar-refractivity contribution is 5.80. The summed E-state index contributed by atoms with van der Waals surface area (Å²) in [4.78, 5) is 12.6. The Morgan fingerprint density at radius 3 is 0.951 bits per heavy atom. The minimum Gasteiger partial charge on any atom is -0.394 e. The number of carbonyl (C=O) groups is 1. The molecule has 364 valence electrons. The first-order valence-electron chi connectivity index (χ1n) is 27.6. The number of allylic oxidation sites excluding steroid dienone is 2. The maximum absolute atomic E-state index is 12.6. The molecule has 6 nitrogen and oxygen atoms in total. The van der Waals surface area contributed by atoms with Gasteiger partial charge in [-0.3, -0.25) is 4.79 Å². The van der Waals surface area contributed by atoms with E-state index in [1.807, 2.05) is 0 Å². The van der Waals surface area contributed by atoms with E-state index in [1.165, 1.54) is 238 Å². The molecule has 0 saturated heterocycles. The van der Waals surface area contributed by atoms with Gasteiger partial charge < -0.3 is 25.7 Å². The third kappa shape index (κ3) is 44.1. The molecule has 0 rings (SSSR count). The monoisotopic (exact) mass is 864 g/mol. The molecule has 0 radical (unpaired) electrons. The van der Waals surface area contributed by atoms with Gasteiger partial charge in [0.15, 0.2) is 0 Å². The summed E-state index contributed by atoms with van der Waals surface area (Å²) < 4.78 is 0. The van der Waals surface area contributed by atoms with Crippen LogP contribution >= 0.6 is 0 Å². The second-order valence-corrected chi connectivity index (χ2v) is 19.3. The zero-order valence-electron chi connectivity index (χ0n) is 41.2. The standard InChI is InChI=1S/C55H109NO5/c1-3-5-7-9-11-13-15-17-19-21-23-25-26-27-29-31-33-35-37-39-41-43-45-47-49-53(59)55(61)56-51(50-57)54(60)52(58)48-46-44-42-40-38-36-34-32-30-28-24-22-20-18-16-14-12-10-8-6-4-2/h27,29,51-54,57-60H,3-26,28,30-50H2,1-2H3,(H,56,61)/b29-27-. The van der Waals surface area contributed by atoms with Crippen LogP contribution in [-0.2, 0) is 4.79 Å². The lowest BCUT2D eigenvalue weighted by Gasteiger charge is -2.27. The Labute approximate surface area is 381 Å². The van der Waals surface area contributed by atoms with E-state index < -0.39 is 36.9 Å². The normalized spacial score (nSPS) is 13.9. The van der Waals surface area contributed by atoms with Crippen LogP contribution in [0.2, 0.25) is 0 Å². The predicted octanol–water partition coefficient (Wildman–Crippen LogP) is 15.7. The number of aliphatic hydroxyl groups is 4. The van der Waals surface area contributed by atoms with Crippen LogP contribution < -0.4 is 5.32 Å². The first kappa shape index (κ1) is 60.1. The highest BCUT2D eigenvalue weighted by Crippen LogP contribution is 2.18. The molecule has 0 aliphatic rings. The summed E-state index contributed by atoms with van der Waals surface area (Å²) in [6, 6.07) is -0.984. The molecule has 0 saturated carbocycles. The predicted molar refractivity (Wildman–Crippen MR) is 265 cm³/mol. The third-order valence-electron chi connectivity index (χ3n) is 13.2. The van der Waals surface area contributed by atoms with Crippen molar-refractivity contribution in [1.82, 2.24) is 5.32 Å². The van der Waals surface area contributed by atoms with E-state index in [0.29, 0.717) is 12.8 Å². The van der Waals surface area contributed by atoms with Crippen LogP contribution in [0.5, 0.6) is 0 Å². The number of nitrogens with one attached hydrogen (secondary N) is 1. The van der Waals surface area contributed by atoms with E-state index >= 15 is 0 Å². The van der Waals surface area contributed by atoms with Gasteiger partial charge in [0, 0.05) is 0 Å². The average Bonchev–Trinajstić information content (AvgIpc) is 3.26. The molecular weight excluding hydrogens is 755 g/mol. The molecule has 0 aromatic heterocycles. The van der Waals surface area contributed by atoms with Crippen LogP contribution in [-0.4, -0.2) is 57.3 Å². The van der Waals surface area contributed by atoms with Crippen LogP contribution in [0.3, 0.4) is 0 Å². The summed E-state index contributed by atoms with van der Waals surface area (Å²) >= 11 is 0. The summed E-state index contributed by atoms with van der Waals surface area (Å²) in [7, 11) is 0. The fourth-order valence-corrected chi connectivity index (χ4v) is 8.87. The first-order chi connectivity index (χ1) is 30.0. The third-order valence-corrected chi connectivity index (χ3v) is 13.2. The quantitative estimate of drug-likeness (QED) is 0.0309. The maximum atomic E-state index is 12.6. The van der Waals surface area contributed by atoms with Gasteiger partial charge in [-0.05, 0) is 38.5 Å². The Morgan fingerprint density at radius 1 is 0.393 bits per heavy atom. The fraction of sp³-hybridized carbons (Fsp3) is 0.945. The molecule has 0 aliphatic carbocycles. The number of carbonyl (C=O) groups excluding carboxylic acids is 1. The molecule has 0 aliphatic heterocycles. The summed E-state index contributed by atoms with van der Waals surface area (Å²) in [5.74, 6) is -0.581. The SMILES string of the molecule is CCCCCCCCCCCCCC/C=C\CCCCCCCCCCC(O)C(=O)NC(CO)C(O)C(O)CCCCCCCCCCCCCCCCCCCCCCC. The van der Waals surface area contributed by atoms with Crippen LogP contribution in [0.15, 0.2) is 12.2 Å². The van der Waals surface area contributed by atoms with Crippen molar-refractivity contribution in [2.24, 2.45) is 0 Å². The smallest absolute Gasteiger partial charge is 0.249 e. The molecule has 0 fully saturated rings. The van der Waals surface area contributed by atoms with Crippen molar-refractivity contribution in [1.29, 1.82) is 0 Å². The molecular formula is C55H109NO5. The zero-order valence-corrected chi connectivity index (χ0v) is 41.2. The lowest BCUT2D eigenvalue weighted by molar-refractivity contribution is -0.132. The van der Waals surface area contributed by atoms with Gasteiger partial charge in [0.05, 0.1) is 18.8 Å². The van der Waals surface area contributed by atoms with Gasteiger partial charge in [0.1, 0.15) is 12.2 Å². The zero-order chi connectivity index (χ0) is 44.5. The van der Waals surface area contributed by atoms with Gasteiger partial charge >= 0.3 is 0 Å². The Kier molecular flexibility index (Phi) is 49.3. The van der Waals surface area contributed by atoms with E-state index in [0.717, 1.165) is 38.5 Å². The van der Waals surface area contributed by atoms with Gasteiger partial charge in [-0.1, -0.05) is 276 Å². The number of hydrogen-bond acceptors (Lipinski definition) is 5. The number of hydrogen-bond donors (Lipinski definition) is 5. The van der Waals surface area contributed by atoms with Gasteiger partial charge in [-0.2, -0.15) is 0 Å². The topological polar surface area (TPSA) is 110 Å². The Balaban J connectivity index is 3.63. The Hall–Kier alpha value is -0.950. The largest absolute Gasteiger partial charge is 0.394 e. The average molecular weight is 864 g/mol. The fourth-order valence-electron chi connectivity index (χ4n) is 8.87. The Morgan fingerprint density at radius 2 is 0.656 bits per heavy atom. The van der Waals surface area contributed by atoms with Crippen molar-refractivity contribution in [2.75, 3.05) is 6.61 Å². The highest BCUT2D eigenvalue weighted by Gasteiger charge is 2.28. The van der Waals surface area contributed by atoms with Crippen molar-refractivity contribution in [3.05, 3.63) is 12.2 Å². The summed E-state index contributed by atoms with van der Waals surface area (Å²) in [6.07, 6.45) is 58.4. The van der Waals surface area contributed by atoms with E-state index in [-0.39, 0.29) is 0 Å². The van der Waals surface area contributed by atoms with Gasteiger partial charge in [-0.15, -0.1) is 0 Å². The van der Waals surface area contributed by atoms with Crippen LogP contribution in [0.1, 0.15) is 303 Å². The summed E-state index contributed by atoms with van der Waals surface area (Å²) in [5, 5.41) is 44.0. The molecule has 1 amide bonds. The van der Waals surface area contributed by atoms with Gasteiger partial charge in [-0.25, -0.2) is 0 Å². The highest BCUT2D eigenvalue weighted by atomic mass is 16.3. The van der Waals surface area contributed by atoms with Crippen LogP contribution in [0.4, 0.5) is 0 Å². The molecule has 4 atom stereocenters. The first-order valence-corrected chi connectivity index (χ1v) is 27.6. The van der Waals surface area contributed by atoms with Crippen molar-refractivity contribution in [3.8, 4) is 0 Å². The molecule has 0 spiro atoms. The number of rotatable bonds is 51. The maximum Gasteiger partial charge on any atom is 0.249 e. The molecule has 0 aromatic carbocycles. The molecule has 0 aromatic rings. The van der Waals surface area contributed by atoms with Gasteiger partial charge in [0.25, 0.3) is 0 Å². The minimum atomic E-state index is -1.26. The van der Waals surface area contributed by atoms with E-state index in [9.17, 15) is 25.2 Å². The molecule has 6 heteroatoms. The van der Waals surface area contributed by atoms with Gasteiger partial charge in [0.2, 0.25) is 5.91 Å². The Bertz CT molecular complexity index is 882. The van der Waals surface area contributed by atoms with Crippen molar-refractivity contribution < 1.29 is 25.2 Å².